The molecule has 1 amide bonds. The van der Waals surface area contributed by atoms with Crippen molar-refractivity contribution >= 4 is 11.9 Å². The number of halogens is 3. The van der Waals surface area contributed by atoms with Crippen molar-refractivity contribution in [2.75, 3.05) is 6.54 Å². The summed E-state index contributed by atoms with van der Waals surface area (Å²) in [5.74, 6) is -2.17. The monoisotopic (exact) mass is 278 g/mol. The summed E-state index contributed by atoms with van der Waals surface area (Å²) < 4.78 is 38.9. The summed E-state index contributed by atoms with van der Waals surface area (Å²) >= 11 is 0. The molecule has 5 nitrogen and oxygen atoms in total. The highest BCUT2D eigenvalue weighted by molar-refractivity contribution is 5.90. The van der Waals surface area contributed by atoms with Crippen molar-refractivity contribution in [3.8, 4) is 0 Å². The SMILES string of the molecule is CCNC(=O)C(C)n1cc(C(=O)O)c(C(F)(F)F)c1. The molecule has 1 aromatic rings. The molecule has 0 aliphatic heterocycles. The number of rotatable bonds is 4. The molecule has 2 N–H and O–H groups in total. The van der Waals surface area contributed by atoms with Crippen molar-refractivity contribution in [2.24, 2.45) is 0 Å². The Kier molecular flexibility index (Phi) is 4.23. The minimum absolute atomic E-state index is 0.336. The van der Waals surface area contributed by atoms with Crippen LogP contribution in [0, 0.1) is 0 Å². The molecule has 19 heavy (non-hydrogen) atoms. The zero-order valence-electron chi connectivity index (χ0n) is 10.3. The number of nitrogens with one attached hydrogen (secondary N) is 1. The van der Waals surface area contributed by atoms with E-state index in [-0.39, 0.29) is 0 Å². The summed E-state index contributed by atoms with van der Waals surface area (Å²) in [6, 6.07) is -0.922. The number of carboxylic acid groups (broad SMARTS) is 1. The number of carboxylic acids is 1. The zero-order chi connectivity index (χ0) is 14.8. The lowest BCUT2D eigenvalue weighted by Gasteiger charge is -2.12. The molecule has 106 valence electrons. The Bertz CT molecular complexity index is 494. The average molecular weight is 278 g/mol. The summed E-state index contributed by atoms with van der Waals surface area (Å²) in [6.45, 7) is 3.39. The van der Waals surface area contributed by atoms with Crippen LogP contribution in [0.25, 0.3) is 0 Å². The number of alkyl halides is 3. The maximum absolute atomic E-state index is 12.7. The van der Waals surface area contributed by atoms with Crippen LogP contribution >= 0.6 is 0 Å². The molecular weight excluding hydrogens is 265 g/mol. The fourth-order valence-electron chi connectivity index (χ4n) is 1.55. The van der Waals surface area contributed by atoms with Crippen molar-refractivity contribution in [3.63, 3.8) is 0 Å². The maximum atomic E-state index is 12.7. The van der Waals surface area contributed by atoms with Crippen molar-refractivity contribution in [1.82, 2.24) is 9.88 Å². The molecule has 1 aromatic heterocycles. The van der Waals surface area contributed by atoms with E-state index in [9.17, 15) is 22.8 Å². The molecule has 0 saturated heterocycles. The van der Waals surface area contributed by atoms with Gasteiger partial charge >= 0.3 is 12.1 Å². The molecule has 1 atom stereocenters. The predicted molar refractivity (Wildman–Crippen MR) is 59.8 cm³/mol. The minimum atomic E-state index is -4.78. The topological polar surface area (TPSA) is 71.3 Å². The number of likely N-dealkylation sites (N-methyl/N-ethyl adjacent to an activating group) is 1. The summed E-state index contributed by atoms with van der Waals surface area (Å²) in [6.07, 6.45) is -3.34. The van der Waals surface area contributed by atoms with Crippen LogP contribution in [0.15, 0.2) is 12.4 Å². The Morgan fingerprint density at radius 1 is 1.42 bits per heavy atom. The maximum Gasteiger partial charge on any atom is 0.418 e. The molecule has 1 rings (SSSR count). The lowest BCUT2D eigenvalue weighted by atomic mass is 10.2. The first-order valence-electron chi connectivity index (χ1n) is 5.48. The first kappa shape index (κ1) is 15.1. The van der Waals surface area contributed by atoms with Gasteiger partial charge in [-0.1, -0.05) is 0 Å². The fraction of sp³-hybridized carbons (Fsp3) is 0.455. The van der Waals surface area contributed by atoms with E-state index < -0.39 is 35.2 Å². The van der Waals surface area contributed by atoms with Crippen LogP contribution in [-0.2, 0) is 11.0 Å². The third-order valence-corrected chi connectivity index (χ3v) is 2.56. The smallest absolute Gasteiger partial charge is 0.418 e. The van der Waals surface area contributed by atoms with Gasteiger partial charge in [0.1, 0.15) is 6.04 Å². The van der Waals surface area contributed by atoms with Crippen LogP contribution in [0.4, 0.5) is 13.2 Å². The number of amides is 1. The largest absolute Gasteiger partial charge is 0.478 e. The first-order chi connectivity index (χ1) is 8.68. The lowest BCUT2D eigenvalue weighted by Crippen LogP contribution is -2.30. The molecular formula is C11H13F3N2O3. The van der Waals surface area contributed by atoms with Gasteiger partial charge in [-0.2, -0.15) is 13.2 Å². The second kappa shape index (κ2) is 5.33. The van der Waals surface area contributed by atoms with Crippen molar-refractivity contribution in [3.05, 3.63) is 23.5 Å². The van der Waals surface area contributed by atoms with Crippen LogP contribution in [0.5, 0.6) is 0 Å². The fourth-order valence-corrected chi connectivity index (χ4v) is 1.55. The van der Waals surface area contributed by atoms with Crippen LogP contribution in [0.1, 0.15) is 35.8 Å². The van der Waals surface area contributed by atoms with E-state index in [4.69, 9.17) is 5.11 Å². The second-order valence-electron chi connectivity index (χ2n) is 3.91. The van der Waals surface area contributed by atoms with Crippen LogP contribution in [0.3, 0.4) is 0 Å². The number of aromatic carboxylic acids is 1. The molecule has 0 aromatic carbocycles. The molecule has 0 aliphatic carbocycles. The first-order valence-corrected chi connectivity index (χ1v) is 5.48. The predicted octanol–water partition coefficient (Wildman–Crippen LogP) is 1.90. The van der Waals surface area contributed by atoms with E-state index in [1.54, 1.807) is 6.92 Å². The molecule has 8 heteroatoms. The van der Waals surface area contributed by atoms with Crippen molar-refractivity contribution < 1.29 is 27.9 Å². The van der Waals surface area contributed by atoms with Crippen LogP contribution in [0.2, 0.25) is 0 Å². The molecule has 0 fully saturated rings. The van der Waals surface area contributed by atoms with Gasteiger partial charge in [0.2, 0.25) is 5.91 Å². The van der Waals surface area contributed by atoms with E-state index in [2.05, 4.69) is 5.32 Å². The molecule has 0 spiro atoms. The number of nitrogens with zero attached hydrogens (tertiary/aromatic N) is 1. The number of hydrogen-bond donors (Lipinski definition) is 2. The molecule has 1 unspecified atom stereocenters. The molecule has 0 saturated carbocycles. The number of carbonyl (C=O) groups is 2. The van der Waals surface area contributed by atoms with Gasteiger partial charge in [0, 0.05) is 18.9 Å². The van der Waals surface area contributed by atoms with Gasteiger partial charge in [-0.15, -0.1) is 0 Å². The van der Waals surface area contributed by atoms with Crippen LogP contribution in [-0.4, -0.2) is 28.1 Å². The van der Waals surface area contributed by atoms with Crippen molar-refractivity contribution in [1.29, 1.82) is 0 Å². The number of hydrogen-bond acceptors (Lipinski definition) is 2. The quantitative estimate of drug-likeness (QED) is 0.883. The Balaban J connectivity index is 3.18. The van der Waals surface area contributed by atoms with E-state index in [0.717, 1.165) is 10.8 Å². The van der Waals surface area contributed by atoms with Gasteiger partial charge in [-0.05, 0) is 13.8 Å². The molecule has 0 radical (unpaired) electrons. The van der Waals surface area contributed by atoms with E-state index in [0.29, 0.717) is 12.7 Å². The second-order valence-corrected chi connectivity index (χ2v) is 3.91. The van der Waals surface area contributed by atoms with E-state index in [1.165, 1.54) is 6.92 Å². The summed E-state index contributed by atoms with van der Waals surface area (Å²) in [5.41, 5.74) is -2.14. The number of aromatic nitrogens is 1. The van der Waals surface area contributed by atoms with E-state index >= 15 is 0 Å². The number of carbonyl (C=O) groups excluding carboxylic acids is 1. The van der Waals surface area contributed by atoms with E-state index in [1.807, 2.05) is 0 Å². The third-order valence-electron chi connectivity index (χ3n) is 2.56. The molecule has 0 bridgehead atoms. The van der Waals surface area contributed by atoms with Gasteiger partial charge in [-0.25, -0.2) is 4.79 Å². The van der Waals surface area contributed by atoms with Gasteiger partial charge in [0.05, 0.1) is 11.1 Å². The highest BCUT2D eigenvalue weighted by atomic mass is 19.4. The highest BCUT2D eigenvalue weighted by Gasteiger charge is 2.37. The third kappa shape index (κ3) is 3.27. The van der Waals surface area contributed by atoms with Gasteiger partial charge in [-0.3, -0.25) is 4.79 Å². The molecule has 1 heterocycles. The van der Waals surface area contributed by atoms with Gasteiger partial charge in [0.25, 0.3) is 0 Å². The summed E-state index contributed by atoms with van der Waals surface area (Å²) in [4.78, 5) is 22.3. The molecule has 0 aliphatic rings. The average Bonchev–Trinajstić information content (AvgIpc) is 2.72. The zero-order valence-corrected chi connectivity index (χ0v) is 10.3. The summed E-state index contributed by atoms with van der Waals surface area (Å²) in [7, 11) is 0. The van der Waals surface area contributed by atoms with Gasteiger partial charge in [0.15, 0.2) is 0 Å². The normalized spacial score (nSPS) is 13.1. The Labute approximate surface area is 107 Å². The van der Waals surface area contributed by atoms with Crippen LogP contribution < -0.4 is 5.32 Å². The standard InChI is InChI=1S/C11H13F3N2O3/c1-3-15-9(17)6(2)16-4-7(10(18)19)8(5-16)11(12,13)14/h4-6H,3H2,1-2H3,(H,15,17)(H,18,19). The van der Waals surface area contributed by atoms with Crippen molar-refractivity contribution in [2.45, 2.75) is 26.1 Å². The van der Waals surface area contributed by atoms with Gasteiger partial charge < -0.3 is 15.0 Å². The Hall–Kier alpha value is -1.99. The summed E-state index contributed by atoms with van der Waals surface area (Å²) in [5, 5.41) is 11.2. The Morgan fingerprint density at radius 2 is 2.00 bits per heavy atom. The minimum Gasteiger partial charge on any atom is -0.478 e. The highest BCUT2D eigenvalue weighted by Crippen LogP contribution is 2.33. The Morgan fingerprint density at radius 3 is 2.37 bits per heavy atom. The lowest BCUT2D eigenvalue weighted by molar-refractivity contribution is -0.138.